The van der Waals surface area contributed by atoms with Gasteiger partial charge in [-0.1, -0.05) is 24.9 Å². The zero-order chi connectivity index (χ0) is 28.3. The van der Waals surface area contributed by atoms with Crippen molar-refractivity contribution in [1.29, 1.82) is 0 Å². The third-order valence-electron chi connectivity index (χ3n) is 5.57. The number of rotatable bonds is 8. The molecule has 1 aliphatic rings. The Balaban J connectivity index is 0.000000638. The second-order valence-electron chi connectivity index (χ2n) is 8.33. The van der Waals surface area contributed by atoms with Crippen LogP contribution in [0.1, 0.15) is 47.4 Å². The lowest BCUT2D eigenvalue weighted by atomic mass is 10.1. The van der Waals surface area contributed by atoms with Gasteiger partial charge in [0, 0.05) is 49.9 Å². The Morgan fingerprint density at radius 3 is 2.29 bits per heavy atom. The van der Waals surface area contributed by atoms with Crippen molar-refractivity contribution in [3.63, 3.8) is 0 Å². The topological polar surface area (TPSA) is 115 Å². The highest BCUT2D eigenvalue weighted by Gasteiger charge is 2.38. The first-order valence-electron chi connectivity index (χ1n) is 12.1. The number of anilines is 2. The Labute approximate surface area is 224 Å². The van der Waals surface area contributed by atoms with E-state index in [1.807, 2.05) is 11.8 Å². The monoisotopic (exact) mass is 557 g/mol. The van der Waals surface area contributed by atoms with Crippen LogP contribution in [0.3, 0.4) is 0 Å². The van der Waals surface area contributed by atoms with Crippen LogP contribution in [0.2, 0.25) is 5.02 Å². The van der Waals surface area contributed by atoms with Crippen molar-refractivity contribution in [1.82, 2.24) is 15.2 Å². The summed E-state index contributed by atoms with van der Waals surface area (Å²) >= 11 is 5.91. The molecule has 9 nitrogen and oxygen atoms in total. The van der Waals surface area contributed by atoms with E-state index >= 15 is 0 Å². The van der Waals surface area contributed by atoms with Crippen LogP contribution in [0.5, 0.6) is 0 Å². The highest BCUT2D eigenvalue weighted by Crippen LogP contribution is 2.24. The van der Waals surface area contributed by atoms with Gasteiger partial charge >= 0.3 is 12.1 Å². The number of piperazine rings is 1. The van der Waals surface area contributed by atoms with Crippen LogP contribution in [0.15, 0.2) is 36.5 Å². The summed E-state index contributed by atoms with van der Waals surface area (Å²) in [5.74, 6) is -2.41. The highest BCUT2D eigenvalue weighted by molar-refractivity contribution is 6.30. The first-order valence-corrected chi connectivity index (χ1v) is 12.5. The van der Waals surface area contributed by atoms with Crippen LogP contribution in [0, 0.1) is 0 Å². The number of carbonyl (C=O) groups excluding carboxylic acids is 2. The number of carboxylic acids is 1. The molecule has 0 aliphatic carbocycles. The molecule has 1 aliphatic heterocycles. The molecule has 0 spiro atoms. The molecule has 0 atom stereocenters. The number of pyridine rings is 1. The summed E-state index contributed by atoms with van der Waals surface area (Å²) in [6, 6.07) is 8.41. The molecule has 3 rings (SSSR count). The molecule has 2 amide bonds. The highest BCUT2D eigenvalue weighted by atomic mass is 35.5. The quantitative estimate of drug-likeness (QED) is 0.443. The Morgan fingerprint density at radius 2 is 1.76 bits per heavy atom. The minimum Gasteiger partial charge on any atom is -0.475 e. The van der Waals surface area contributed by atoms with Crippen molar-refractivity contribution in [3.05, 3.63) is 52.7 Å². The molecule has 1 aromatic heterocycles. The summed E-state index contributed by atoms with van der Waals surface area (Å²) < 4.78 is 31.7. The Bertz CT molecular complexity index is 1090. The number of amides is 2. The van der Waals surface area contributed by atoms with Crippen LogP contribution in [-0.4, -0.2) is 78.2 Å². The largest absolute Gasteiger partial charge is 0.490 e. The number of benzene rings is 1. The molecule has 1 aromatic carbocycles. The second kappa shape index (κ2) is 14.5. The van der Waals surface area contributed by atoms with Crippen molar-refractivity contribution < 1.29 is 32.7 Å². The van der Waals surface area contributed by atoms with E-state index < -0.39 is 12.1 Å². The number of unbranched alkanes of at least 4 members (excludes halogenated alkanes) is 1. The minimum atomic E-state index is -5.08. The molecule has 2 heterocycles. The van der Waals surface area contributed by atoms with Crippen molar-refractivity contribution in [2.24, 2.45) is 0 Å². The standard InChI is InChI=1S/C23H30ClN5O2.C2HF3O2/c1-3-5-12-28(4-2)23(31)20-15-19(16-26-21(20)29-13-10-25-11-14-29)27-22(30)17-6-8-18(24)9-7-17;3-2(4,5)1(6)7/h6-9,15-16,25H,3-5,10-14H2,1-2H3,(H,27,30);(H,6,7). The van der Waals surface area contributed by atoms with E-state index in [4.69, 9.17) is 21.5 Å². The third-order valence-corrected chi connectivity index (χ3v) is 5.82. The van der Waals surface area contributed by atoms with Gasteiger partial charge in [0.1, 0.15) is 5.82 Å². The fourth-order valence-corrected chi connectivity index (χ4v) is 3.67. The van der Waals surface area contributed by atoms with Gasteiger partial charge in [-0.25, -0.2) is 9.78 Å². The maximum atomic E-state index is 13.4. The molecular formula is C25H31ClF3N5O4. The van der Waals surface area contributed by atoms with Crippen LogP contribution < -0.4 is 15.5 Å². The average molecular weight is 558 g/mol. The van der Waals surface area contributed by atoms with Crippen LogP contribution in [-0.2, 0) is 4.79 Å². The number of carbonyl (C=O) groups is 3. The van der Waals surface area contributed by atoms with E-state index in [1.54, 1.807) is 36.5 Å². The lowest BCUT2D eigenvalue weighted by Crippen LogP contribution is -2.45. The van der Waals surface area contributed by atoms with Gasteiger partial charge in [0.2, 0.25) is 0 Å². The maximum absolute atomic E-state index is 13.4. The zero-order valence-electron chi connectivity index (χ0n) is 21.1. The third kappa shape index (κ3) is 9.18. The lowest BCUT2D eigenvalue weighted by Gasteiger charge is -2.31. The van der Waals surface area contributed by atoms with Gasteiger partial charge in [0.05, 0.1) is 17.4 Å². The first-order chi connectivity index (χ1) is 18.0. The summed E-state index contributed by atoms with van der Waals surface area (Å²) in [6.07, 6.45) is -1.50. The van der Waals surface area contributed by atoms with Crippen LogP contribution in [0.4, 0.5) is 24.7 Å². The first kappa shape index (κ1) is 30.8. The second-order valence-corrected chi connectivity index (χ2v) is 8.77. The van der Waals surface area contributed by atoms with Crippen LogP contribution >= 0.6 is 11.6 Å². The van der Waals surface area contributed by atoms with Crippen LogP contribution in [0.25, 0.3) is 0 Å². The molecule has 2 aromatic rings. The lowest BCUT2D eigenvalue weighted by molar-refractivity contribution is -0.192. The molecule has 38 heavy (non-hydrogen) atoms. The van der Waals surface area contributed by atoms with Gasteiger partial charge in [-0.2, -0.15) is 13.2 Å². The molecule has 0 unspecified atom stereocenters. The molecule has 1 saturated heterocycles. The molecule has 0 radical (unpaired) electrons. The summed E-state index contributed by atoms with van der Waals surface area (Å²) in [6.45, 7) is 8.68. The predicted molar refractivity (Wildman–Crippen MR) is 139 cm³/mol. The maximum Gasteiger partial charge on any atom is 0.490 e. The number of nitrogens with one attached hydrogen (secondary N) is 2. The van der Waals surface area contributed by atoms with Gasteiger partial charge in [-0.15, -0.1) is 0 Å². The summed E-state index contributed by atoms with van der Waals surface area (Å²) in [4.78, 5) is 43.5. The molecule has 208 valence electrons. The Kier molecular flexibility index (Phi) is 11.8. The van der Waals surface area contributed by atoms with Gasteiger partial charge < -0.3 is 25.5 Å². The number of aromatic nitrogens is 1. The van der Waals surface area contributed by atoms with E-state index in [2.05, 4.69) is 27.4 Å². The van der Waals surface area contributed by atoms with E-state index in [-0.39, 0.29) is 11.8 Å². The molecule has 13 heteroatoms. The predicted octanol–water partition coefficient (Wildman–Crippen LogP) is 4.29. The Morgan fingerprint density at radius 1 is 1.16 bits per heavy atom. The normalized spacial score (nSPS) is 13.3. The summed E-state index contributed by atoms with van der Waals surface area (Å²) in [5.41, 5.74) is 1.50. The van der Waals surface area contributed by atoms with Crippen molar-refractivity contribution >= 4 is 40.9 Å². The number of hydrogen-bond donors (Lipinski definition) is 3. The van der Waals surface area contributed by atoms with E-state index in [0.717, 1.165) is 39.0 Å². The average Bonchev–Trinajstić information content (AvgIpc) is 2.89. The van der Waals surface area contributed by atoms with Gasteiger partial charge in [-0.05, 0) is 43.7 Å². The SMILES string of the molecule is CCCCN(CC)C(=O)c1cc(NC(=O)c2ccc(Cl)cc2)cnc1N1CCNCC1.O=C(O)C(F)(F)F. The van der Waals surface area contributed by atoms with Gasteiger partial charge in [-0.3, -0.25) is 9.59 Å². The zero-order valence-corrected chi connectivity index (χ0v) is 21.9. The number of hydrogen-bond acceptors (Lipinski definition) is 6. The number of alkyl halides is 3. The Hall–Kier alpha value is -3.38. The molecule has 0 saturated carbocycles. The number of nitrogens with zero attached hydrogens (tertiary/aromatic N) is 3. The molecule has 0 bridgehead atoms. The minimum absolute atomic E-state index is 0.0559. The van der Waals surface area contributed by atoms with Crippen molar-refractivity contribution in [2.45, 2.75) is 32.9 Å². The van der Waals surface area contributed by atoms with E-state index in [9.17, 15) is 22.8 Å². The number of halogens is 4. The molecular weight excluding hydrogens is 527 g/mol. The fraction of sp³-hybridized carbons (Fsp3) is 0.440. The van der Waals surface area contributed by atoms with Gasteiger partial charge in [0.25, 0.3) is 11.8 Å². The summed E-state index contributed by atoms with van der Waals surface area (Å²) in [7, 11) is 0. The van der Waals surface area contributed by atoms with Gasteiger partial charge in [0.15, 0.2) is 0 Å². The fourth-order valence-electron chi connectivity index (χ4n) is 3.54. The number of aliphatic carboxylic acids is 1. The molecule has 1 fully saturated rings. The smallest absolute Gasteiger partial charge is 0.475 e. The van der Waals surface area contributed by atoms with E-state index in [1.165, 1.54) is 0 Å². The van der Waals surface area contributed by atoms with Crippen molar-refractivity contribution in [3.8, 4) is 0 Å². The van der Waals surface area contributed by atoms with E-state index in [0.29, 0.717) is 40.7 Å². The van der Waals surface area contributed by atoms with Crippen molar-refractivity contribution in [2.75, 3.05) is 49.5 Å². The summed E-state index contributed by atoms with van der Waals surface area (Å²) in [5, 5.41) is 13.9. The molecule has 3 N–H and O–H groups in total. The number of carboxylic acid groups (broad SMARTS) is 1.